The lowest BCUT2D eigenvalue weighted by molar-refractivity contribution is -0.113. The Morgan fingerprint density at radius 2 is 2.16 bits per heavy atom. The molecule has 0 saturated carbocycles. The summed E-state index contributed by atoms with van der Waals surface area (Å²) in [5.74, 6) is 0.695. The van der Waals surface area contributed by atoms with E-state index >= 15 is 0 Å². The maximum atomic E-state index is 11.7. The van der Waals surface area contributed by atoms with Crippen LogP contribution >= 0.6 is 11.6 Å². The first-order valence-electron chi connectivity index (χ1n) is 6.08. The highest BCUT2D eigenvalue weighted by Crippen LogP contribution is 2.22. The molecule has 6 heteroatoms. The summed E-state index contributed by atoms with van der Waals surface area (Å²) in [5, 5.41) is 3.12. The van der Waals surface area contributed by atoms with E-state index in [0.29, 0.717) is 28.1 Å². The van der Waals surface area contributed by atoms with Gasteiger partial charge in [0.15, 0.2) is 0 Å². The van der Waals surface area contributed by atoms with Gasteiger partial charge in [-0.15, -0.1) is 0 Å². The Hall–Kier alpha value is -1.07. The van der Waals surface area contributed by atoms with E-state index in [1.165, 1.54) is 0 Å². The zero-order valence-corrected chi connectivity index (χ0v) is 12.7. The summed E-state index contributed by atoms with van der Waals surface area (Å²) in [4.78, 5) is 11.7. The van der Waals surface area contributed by atoms with Gasteiger partial charge in [0.2, 0.25) is 5.91 Å². The van der Waals surface area contributed by atoms with Crippen molar-refractivity contribution in [1.29, 1.82) is 0 Å². The van der Waals surface area contributed by atoms with E-state index in [2.05, 4.69) is 19.2 Å². The Morgan fingerprint density at radius 3 is 2.79 bits per heavy atom. The molecule has 1 unspecified atom stereocenters. The Bertz CT molecular complexity index is 478. The van der Waals surface area contributed by atoms with Crippen LogP contribution < -0.4 is 11.1 Å². The van der Waals surface area contributed by atoms with Crippen molar-refractivity contribution in [3.63, 3.8) is 0 Å². The van der Waals surface area contributed by atoms with Crippen LogP contribution in [0.25, 0.3) is 0 Å². The summed E-state index contributed by atoms with van der Waals surface area (Å²) in [6.45, 7) is 4.12. The fourth-order valence-electron chi connectivity index (χ4n) is 1.41. The third kappa shape index (κ3) is 6.07. The molecule has 0 radical (unpaired) electrons. The molecule has 0 heterocycles. The molecule has 1 aromatic carbocycles. The summed E-state index contributed by atoms with van der Waals surface area (Å²) in [6.07, 6.45) is 0.846. The van der Waals surface area contributed by atoms with Crippen LogP contribution in [0.3, 0.4) is 0 Å². The van der Waals surface area contributed by atoms with E-state index in [9.17, 15) is 9.00 Å². The molecule has 0 bridgehead atoms. The number of benzene rings is 1. The molecule has 1 amide bonds. The van der Waals surface area contributed by atoms with Gasteiger partial charge in [-0.3, -0.25) is 9.00 Å². The molecule has 0 spiro atoms. The first kappa shape index (κ1) is 16.0. The van der Waals surface area contributed by atoms with Gasteiger partial charge in [-0.25, -0.2) is 0 Å². The minimum atomic E-state index is -1.14. The summed E-state index contributed by atoms with van der Waals surface area (Å²) in [5.41, 5.74) is 6.61. The number of hydrogen-bond acceptors (Lipinski definition) is 3. The van der Waals surface area contributed by atoms with Crippen LogP contribution in [0, 0.1) is 5.92 Å². The van der Waals surface area contributed by atoms with Crippen LogP contribution in [-0.4, -0.2) is 21.6 Å². The van der Waals surface area contributed by atoms with Crippen LogP contribution in [0.4, 0.5) is 11.4 Å². The second-order valence-corrected chi connectivity index (χ2v) is 6.76. The Kier molecular flexibility index (Phi) is 6.31. The minimum absolute atomic E-state index is 0.0152. The first-order valence-corrected chi connectivity index (χ1v) is 7.95. The minimum Gasteiger partial charge on any atom is -0.397 e. The van der Waals surface area contributed by atoms with Gasteiger partial charge < -0.3 is 11.1 Å². The van der Waals surface area contributed by atoms with Crippen LogP contribution in [0.15, 0.2) is 18.2 Å². The van der Waals surface area contributed by atoms with Gasteiger partial charge in [-0.05, 0) is 30.5 Å². The van der Waals surface area contributed by atoms with Gasteiger partial charge in [-0.2, -0.15) is 0 Å². The number of nitrogens with two attached hydrogens (primary N) is 1. The van der Waals surface area contributed by atoms with Gasteiger partial charge in [0.1, 0.15) is 5.75 Å². The second kappa shape index (κ2) is 7.50. The van der Waals surface area contributed by atoms with Crippen molar-refractivity contribution in [2.75, 3.05) is 22.6 Å². The molecule has 1 aromatic rings. The lowest BCUT2D eigenvalue weighted by Gasteiger charge is -2.09. The van der Waals surface area contributed by atoms with Crippen molar-refractivity contribution in [2.45, 2.75) is 20.3 Å². The maximum absolute atomic E-state index is 11.7. The number of rotatable bonds is 6. The molecule has 19 heavy (non-hydrogen) atoms. The predicted octanol–water partition coefficient (Wildman–Crippen LogP) is 2.66. The number of amides is 1. The number of halogens is 1. The monoisotopic (exact) mass is 302 g/mol. The molecule has 1 atom stereocenters. The molecule has 1 rings (SSSR count). The number of anilines is 2. The fraction of sp³-hybridized carbons (Fsp3) is 0.462. The van der Waals surface area contributed by atoms with Gasteiger partial charge in [-0.1, -0.05) is 25.4 Å². The van der Waals surface area contributed by atoms with E-state index < -0.39 is 10.8 Å². The SMILES string of the molecule is CC(C)CCS(=O)CC(=O)Nc1cc(Cl)ccc1N. The van der Waals surface area contributed by atoms with Gasteiger partial charge >= 0.3 is 0 Å². The van der Waals surface area contributed by atoms with Crippen molar-refractivity contribution in [1.82, 2.24) is 0 Å². The number of carbonyl (C=O) groups excluding carboxylic acids is 1. The Morgan fingerprint density at radius 1 is 1.47 bits per heavy atom. The molecular weight excluding hydrogens is 284 g/mol. The standard InChI is InChI=1S/C13H19ClN2O2S/c1-9(2)5-6-19(18)8-13(17)16-12-7-10(14)3-4-11(12)15/h3-4,7,9H,5-6,8,15H2,1-2H3,(H,16,17). The normalized spacial score (nSPS) is 12.4. The largest absolute Gasteiger partial charge is 0.397 e. The molecule has 0 fully saturated rings. The molecule has 0 saturated heterocycles. The van der Waals surface area contributed by atoms with Crippen molar-refractivity contribution in [3.05, 3.63) is 23.2 Å². The topological polar surface area (TPSA) is 72.2 Å². The molecule has 3 N–H and O–H groups in total. The maximum Gasteiger partial charge on any atom is 0.237 e. The van der Waals surface area contributed by atoms with Crippen LogP contribution in [0.5, 0.6) is 0 Å². The highest BCUT2D eigenvalue weighted by Gasteiger charge is 2.10. The van der Waals surface area contributed by atoms with Crippen LogP contribution in [0.1, 0.15) is 20.3 Å². The Balaban J connectivity index is 2.51. The number of nitrogens with one attached hydrogen (secondary N) is 1. The number of carbonyl (C=O) groups is 1. The molecule has 0 aliphatic rings. The lowest BCUT2D eigenvalue weighted by atomic mass is 10.2. The van der Waals surface area contributed by atoms with Gasteiger partial charge in [0.25, 0.3) is 0 Å². The van der Waals surface area contributed by atoms with Crippen molar-refractivity contribution in [3.8, 4) is 0 Å². The van der Waals surface area contributed by atoms with Crippen LogP contribution in [-0.2, 0) is 15.6 Å². The third-order valence-corrected chi connectivity index (χ3v) is 4.01. The predicted molar refractivity (Wildman–Crippen MR) is 81.8 cm³/mol. The van der Waals surface area contributed by atoms with Gasteiger partial charge in [0, 0.05) is 21.6 Å². The van der Waals surface area contributed by atoms with E-state index in [1.807, 2.05) is 0 Å². The zero-order valence-electron chi connectivity index (χ0n) is 11.1. The number of nitrogen functional groups attached to an aromatic ring is 1. The first-order chi connectivity index (χ1) is 8.88. The molecule has 4 nitrogen and oxygen atoms in total. The smallest absolute Gasteiger partial charge is 0.237 e. The lowest BCUT2D eigenvalue weighted by Crippen LogP contribution is -2.21. The van der Waals surface area contributed by atoms with E-state index in [0.717, 1.165) is 6.42 Å². The highest BCUT2D eigenvalue weighted by molar-refractivity contribution is 7.85. The van der Waals surface area contributed by atoms with Crippen LogP contribution in [0.2, 0.25) is 5.02 Å². The van der Waals surface area contributed by atoms with Gasteiger partial charge in [0.05, 0.1) is 11.4 Å². The molecule has 0 aliphatic heterocycles. The van der Waals surface area contributed by atoms with Crippen molar-refractivity contribution >= 4 is 39.7 Å². The van der Waals surface area contributed by atoms with Crippen molar-refractivity contribution in [2.24, 2.45) is 5.92 Å². The summed E-state index contributed by atoms with van der Waals surface area (Å²) in [6, 6.07) is 4.84. The number of hydrogen-bond donors (Lipinski definition) is 2. The van der Waals surface area contributed by atoms with E-state index in [-0.39, 0.29) is 11.7 Å². The summed E-state index contributed by atoms with van der Waals surface area (Å²) < 4.78 is 11.7. The molecular formula is C13H19ClN2O2S. The van der Waals surface area contributed by atoms with Crippen molar-refractivity contribution < 1.29 is 9.00 Å². The average Bonchev–Trinajstić information content (AvgIpc) is 2.31. The fourth-order valence-corrected chi connectivity index (χ4v) is 2.82. The van der Waals surface area contributed by atoms with E-state index in [4.69, 9.17) is 17.3 Å². The zero-order chi connectivity index (χ0) is 14.4. The van der Waals surface area contributed by atoms with E-state index in [1.54, 1.807) is 18.2 Å². The summed E-state index contributed by atoms with van der Waals surface area (Å²) >= 11 is 5.82. The molecule has 0 aromatic heterocycles. The highest BCUT2D eigenvalue weighted by atomic mass is 35.5. The summed E-state index contributed by atoms with van der Waals surface area (Å²) in [7, 11) is -1.14. The quantitative estimate of drug-likeness (QED) is 0.794. The molecule has 106 valence electrons. The Labute approximate surface area is 121 Å². The molecule has 0 aliphatic carbocycles. The average molecular weight is 303 g/mol. The second-order valence-electron chi connectivity index (χ2n) is 4.75. The third-order valence-electron chi connectivity index (χ3n) is 2.50.